The van der Waals surface area contributed by atoms with Crippen molar-refractivity contribution in [3.63, 3.8) is 0 Å². The van der Waals surface area contributed by atoms with Gasteiger partial charge in [-0.1, -0.05) is 330 Å². The van der Waals surface area contributed by atoms with E-state index in [2.05, 4.69) is 34.6 Å². The molecular formula is C73H142O17P2. The number of carbonyl (C=O) groups is 4. The first kappa shape index (κ1) is 90.1. The summed E-state index contributed by atoms with van der Waals surface area (Å²) in [5.74, 6) is -1.36. The second-order valence-electron chi connectivity index (χ2n) is 26.8. The quantitative estimate of drug-likeness (QED) is 0.0222. The first-order valence-corrected chi connectivity index (χ1v) is 41.1. The lowest BCUT2D eigenvalue weighted by molar-refractivity contribution is -0.161. The highest BCUT2D eigenvalue weighted by Crippen LogP contribution is 2.45. The minimum atomic E-state index is -4.95. The van der Waals surface area contributed by atoms with E-state index in [4.69, 9.17) is 37.0 Å². The maximum atomic E-state index is 13.1. The van der Waals surface area contributed by atoms with Crippen LogP contribution in [0.1, 0.15) is 381 Å². The molecule has 0 heterocycles. The number of aliphatic hydroxyl groups excluding tert-OH is 1. The van der Waals surface area contributed by atoms with Crippen molar-refractivity contribution in [2.75, 3.05) is 39.6 Å². The lowest BCUT2D eigenvalue weighted by atomic mass is 10.0. The van der Waals surface area contributed by atoms with Gasteiger partial charge in [-0.3, -0.25) is 37.3 Å². The number of phosphoric acid groups is 2. The zero-order valence-corrected chi connectivity index (χ0v) is 61.5. The van der Waals surface area contributed by atoms with Crippen molar-refractivity contribution in [3.05, 3.63) is 0 Å². The Morgan fingerprint density at radius 2 is 0.500 bits per heavy atom. The molecule has 546 valence electrons. The van der Waals surface area contributed by atoms with Crippen molar-refractivity contribution in [2.45, 2.75) is 400 Å². The number of unbranched alkanes of at least 4 members (excludes halogenated alkanes) is 45. The van der Waals surface area contributed by atoms with Gasteiger partial charge in [-0.25, -0.2) is 9.13 Å². The Balaban J connectivity index is 5.26. The van der Waals surface area contributed by atoms with Crippen LogP contribution in [-0.4, -0.2) is 96.7 Å². The largest absolute Gasteiger partial charge is 0.472 e. The molecule has 0 aromatic heterocycles. The van der Waals surface area contributed by atoms with Crippen LogP contribution in [0.2, 0.25) is 0 Å². The van der Waals surface area contributed by atoms with Crippen LogP contribution in [0, 0.1) is 5.92 Å². The molecule has 0 aliphatic rings. The summed E-state index contributed by atoms with van der Waals surface area (Å²) in [4.78, 5) is 72.7. The molecule has 3 N–H and O–H groups in total. The van der Waals surface area contributed by atoms with Gasteiger partial charge >= 0.3 is 39.5 Å². The highest BCUT2D eigenvalue weighted by Gasteiger charge is 2.30. The van der Waals surface area contributed by atoms with Crippen LogP contribution in [0.25, 0.3) is 0 Å². The molecule has 0 saturated heterocycles. The van der Waals surface area contributed by atoms with Gasteiger partial charge in [0.15, 0.2) is 12.2 Å². The van der Waals surface area contributed by atoms with Gasteiger partial charge in [0.1, 0.15) is 19.3 Å². The minimum absolute atomic E-state index is 0.107. The summed E-state index contributed by atoms with van der Waals surface area (Å²) in [6, 6.07) is 0. The molecule has 0 aliphatic heterocycles. The molecule has 92 heavy (non-hydrogen) atoms. The molecule has 0 radical (unpaired) electrons. The van der Waals surface area contributed by atoms with E-state index in [9.17, 15) is 43.2 Å². The van der Waals surface area contributed by atoms with Crippen molar-refractivity contribution < 1.29 is 80.2 Å². The summed E-state index contributed by atoms with van der Waals surface area (Å²) in [7, 11) is -9.90. The molecule has 0 aromatic carbocycles. The minimum Gasteiger partial charge on any atom is -0.462 e. The van der Waals surface area contributed by atoms with E-state index < -0.39 is 97.5 Å². The van der Waals surface area contributed by atoms with E-state index in [-0.39, 0.29) is 25.7 Å². The third-order valence-corrected chi connectivity index (χ3v) is 18.9. The predicted molar refractivity (Wildman–Crippen MR) is 372 cm³/mol. The van der Waals surface area contributed by atoms with E-state index in [1.807, 2.05) is 0 Å². The summed E-state index contributed by atoms with van der Waals surface area (Å²) >= 11 is 0. The Kier molecular flexibility index (Phi) is 64.9. The zero-order valence-electron chi connectivity index (χ0n) is 59.7. The summed E-state index contributed by atoms with van der Waals surface area (Å²) < 4.78 is 68.4. The summed E-state index contributed by atoms with van der Waals surface area (Å²) in [5.41, 5.74) is 0. The predicted octanol–water partition coefficient (Wildman–Crippen LogP) is 21.3. The molecule has 0 bridgehead atoms. The fourth-order valence-electron chi connectivity index (χ4n) is 11.2. The van der Waals surface area contributed by atoms with Crippen molar-refractivity contribution in [1.29, 1.82) is 0 Å². The van der Waals surface area contributed by atoms with Crippen LogP contribution in [-0.2, 0) is 65.4 Å². The molecule has 0 aliphatic carbocycles. The molecular weight excluding hydrogens is 1210 g/mol. The third-order valence-electron chi connectivity index (χ3n) is 17.0. The van der Waals surface area contributed by atoms with Crippen molar-refractivity contribution in [3.8, 4) is 0 Å². The normalized spacial score (nSPS) is 14.0. The average Bonchev–Trinajstić information content (AvgIpc) is 1.77. The summed E-state index contributed by atoms with van der Waals surface area (Å²) in [6.07, 6.45) is 53.9. The monoisotopic (exact) mass is 1350 g/mol. The molecule has 0 rings (SSSR count). The first-order chi connectivity index (χ1) is 44.5. The van der Waals surface area contributed by atoms with Crippen LogP contribution in [0.4, 0.5) is 0 Å². The lowest BCUT2D eigenvalue weighted by Gasteiger charge is -2.21. The van der Waals surface area contributed by atoms with Gasteiger partial charge in [-0.05, 0) is 31.6 Å². The van der Waals surface area contributed by atoms with Gasteiger partial charge in [-0.2, -0.15) is 0 Å². The number of aliphatic hydroxyl groups is 1. The smallest absolute Gasteiger partial charge is 0.462 e. The van der Waals surface area contributed by atoms with E-state index >= 15 is 0 Å². The number of carbonyl (C=O) groups excluding carboxylic acids is 4. The van der Waals surface area contributed by atoms with Crippen LogP contribution >= 0.6 is 15.6 Å². The van der Waals surface area contributed by atoms with Crippen molar-refractivity contribution >= 4 is 39.5 Å². The van der Waals surface area contributed by atoms with E-state index in [1.165, 1.54) is 205 Å². The number of hydrogen-bond acceptors (Lipinski definition) is 15. The average molecular weight is 1350 g/mol. The molecule has 0 fully saturated rings. The molecule has 19 heteroatoms. The topological polar surface area (TPSA) is 237 Å². The zero-order chi connectivity index (χ0) is 67.7. The fraction of sp³-hybridized carbons (Fsp3) is 0.945. The molecule has 17 nitrogen and oxygen atoms in total. The maximum Gasteiger partial charge on any atom is 0.472 e. The Hall–Kier alpha value is -1.94. The number of ether oxygens (including phenoxy) is 4. The molecule has 2 unspecified atom stereocenters. The standard InChI is InChI=1S/C73H142O17P2/c1-6-9-12-15-18-21-24-26-28-31-37-42-47-52-57-71(76)84-63-68(89-72(77)58-53-48-43-38-32-29-27-25-22-19-16-13-10-7-2)64-87-91(79,80)85-60-67(74)61-86-92(81,82)88-65-69(62-83-70(75)56-51-46-41-36-30-23-20-17-14-11-8-3)90-73(78)59-54-49-44-39-34-33-35-40-45-50-55-66(4)5/h66-69,74H,6-65H2,1-5H3,(H,79,80)(H,81,82)/t67-,68-,69-/m1/s1. The van der Waals surface area contributed by atoms with Gasteiger partial charge < -0.3 is 33.8 Å². The fourth-order valence-corrected chi connectivity index (χ4v) is 12.8. The van der Waals surface area contributed by atoms with Gasteiger partial charge in [0.2, 0.25) is 0 Å². The molecule has 5 atom stereocenters. The van der Waals surface area contributed by atoms with Gasteiger partial charge in [0.05, 0.1) is 26.4 Å². The SMILES string of the molecule is CCCCCCCCCCCCCCCCC(=O)OC[C@H](COP(=O)(O)OC[C@@H](O)COP(=O)(O)OC[C@@H](COC(=O)CCCCCCCCCCCCC)OC(=O)CCCCCCCCCCCCC(C)C)OC(=O)CCCCCCCCCCCCCCCC. The summed E-state index contributed by atoms with van der Waals surface area (Å²) in [6.45, 7) is 7.27. The Bertz CT molecular complexity index is 1770. The number of phosphoric ester groups is 2. The van der Waals surface area contributed by atoms with Gasteiger partial charge in [0, 0.05) is 25.7 Å². The van der Waals surface area contributed by atoms with Crippen LogP contribution < -0.4 is 0 Å². The van der Waals surface area contributed by atoms with Gasteiger partial charge in [-0.15, -0.1) is 0 Å². The van der Waals surface area contributed by atoms with Crippen LogP contribution in [0.15, 0.2) is 0 Å². The molecule has 0 amide bonds. The van der Waals surface area contributed by atoms with Crippen molar-refractivity contribution in [1.82, 2.24) is 0 Å². The highest BCUT2D eigenvalue weighted by molar-refractivity contribution is 7.47. The van der Waals surface area contributed by atoms with Crippen LogP contribution in [0.3, 0.4) is 0 Å². The third kappa shape index (κ3) is 66.7. The number of rotatable bonds is 73. The second-order valence-corrected chi connectivity index (χ2v) is 29.7. The van der Waals surface area contributed by atoms with E-state index in [0.717, 1.165) is 95.8 Å². The van der Waals surface area contributed by atoms with Crippen molar-refractivity contribution in [2.24, 2.45) is 5.92 Å². The maximum absolute atomic E-state index is 13.1. The lowest BCUT2D eigenvalue weighted by Crippen LogP contribution is -2.30. The Morgan fingerprint density at radius 1 is 0.293 bits per heavy atom. The van der Waals surface area contributed by atoms with E-state index in [0.29, 0.717) is 25.7 Å². The Morgan fingerprint density at radius 3 is 0.739 bits per heavy atom. The van der Waals surface area contributed by atoms with Crippen LogP contribution in [0.5, 0.6) is 0 Å². The number of hydrogen-bond donors (Lipinski definition) is 3. The molecule has 0 spiro atoms. The summed E-state index contributed by atoms with van der Waals surface area (Å²) in [5, 5.41) is 10.6. The van der Waals surface area contributed by atoms with E-state index in [1.54, 1.807) is 0 Å². The molecule has 0 saturated carbocycles. The number of esters is 4. The first-order valence-electron chi connectivity index (χ1n) is 38.1. The second kappa shape index (κ2) is 66.3. The highest BCUT2D eigenvalue weighted by atomic mass is 31.2. The van der Waals surface area contributed by atoms with Gasteiger partial charge in [0.25, 0.3) is 0 Å². The molecule has 0 aromatic rings. The Labute approximate surface area is 562 Å².